The summed E-state index contributed by atoms with van der Waals surface area (Å²) in [7, 11) is -0.442. The van der Waals surface area contributed by atoms with Crippen molar-refractivity contribution in [2.24, 2.45) is 7.05 Å². The minimum Gasteiger partial charge on any atom is -0.381 e. The number of aromatic nitrogens is 3. The second-order valence-corrected chi connectivity index (χ2v) is 6.84. The highest BCUT2D eigenvalue weighted by Crippen LogP contribution is 2.25. The molecule has 0 unspecified atom stereocenters. The third-order valence-corrected chi connectivity index (χ3v) is 5.86. The van der Waals surface area contributed by atoms with Crippen molar-refractivity contribution in [3.05, 3.63) is 4.60 Å². The van der Waals surface area contributed by atoms with Crippen molar-refractivity contribution in [2.75, 3.05) is 20.3 Å². The van der Waals surface area contributed by atoms with Gasteiger partial charge in [0.1, 0.15) is 0 Å². The number of ether oxygens (including phenoxy) is 1. The minimum atomic E-state index is -3.59. The molecule has 0 aliphatic carbocycles. The molecule has 1 fully saturated rings. The molecule has 0 bridgehead atoms. The topological polar surface area (TPSA) is 77.3 Å². The predicted molar refractivity (Wildman–Crippen MR) is 67.5 cm³/mol. The van der Waals surface area contributed by atoms with Crippen molar-refractivity contribution < 1.29 is 13.2 Å². The smallest absolute Gasteiger partial charge is 0.263 e. The van der Waals surface area contributed by atoms with E-state index >= 15 is 0 Å². The first-order valence-corrected chi connectivity index (χ1v) is 7.79. The molecule has 0 atom stereocenters. The average Bonchev–Trinajstić information content (AvgIpc) is 2.69. The molecule has 0 N–H and O–H groups in total. The first kappa shape index (κ1) is 13.9. The number of sulfonamides is 1. The zero-order chi connectivity index (χ0) is 13.3. The molecule has 1 aromatic rings. The summed E-state index contributed by atoms with van der Waals surface area (Å²) in [5.74, 6) is 0. The van der Waals surface area contributed by atoms with Crippen molar-refractivity contribution in [1.29, 1.82) is 0 Å². The molecule has 1 aliphatic heterocycles. The molecule has 0 saturated carbocycles. The van der Waals surface area contributed by atoms with Crippen molar-refractivity contribution in [1.82, 2.24) is 19.3 Å². The molecule has 7 nitrogen and oxygen atoms in total. The lowest BCUT2D eigenvalue weighted by Crippen LogP contribution is -2.41. The van der Waals surface area contributed by atoms with Gasteiger partial charge in [0.15, 0.2) is 4.60 Å². The van der Waals surface area contributed by atoms with Crippen LogP contribution in [0.15, 0.2) is 9.63 Å². The van der Waals surface area contributed by atoms with E-state index in [0.29, 0.717) is 26.1 Å². The first-order valence-electron chi connectivity index (χ1n) is 5.55. The Morgan fingerprint density at radius 2 is 2.06 bits per heavy atom. The summed E-state index contributed by atoms with van der Waals surface area (Å²) in [4.78, 5) is 0. The molecular weight excluding hydrogens is 324 g/mol. The monoisotopic (exact) mass is 338 g/mol. The number of hydrogen-bond acceptors (Lipinski definition) is 5. The summed E-state index contributed by atoms with van der Waals surface area (Å²) in [5.41, 5.74) is 0. The van der Waals surface area contributed by atoms with E-state index < -0.39 is 10.0 Å². The van der Waals surface area contributed by atoms with Crippen LogP contribution in [0.3, 0.4) is 0 Å². The fourth-order valence-electron chi connectivity index (χ4n) is 1.98. The van der Waals surface area contributed by atoms with Crippen LogP contribution in [0.25, 0.3) is 0 Å². The molecule has 2 heterocycles. The van der Waals surface area contributed by atoms with E-state index in [2.05, 4.69) is 26.2 Å². The lowest BCUT2D eigenvalue weighted by molar-refractivity contribution is 0.0631. The largest absolute Gasteiger partial charge is 0.381 e. The number of hydrogen-bond donors (Lipinski definition) is 0. The molecule has 1 aliphatic rings. The van der Waals surface area contributed by atoms with Gasteiger partial charge in [-0.15, -0.1) is 5.10 Å². The van der Waals surface area contributed by atoms with Crippen LogP contribution in [0.4, 0.5) is 0 Å². The number of nitrogens with zero attached hydrogens (tertiary/aromatic N) is 4. The van der Waals surface area contributed by atoms with Gasteiger partial charge in [-0.2, -0.15) is 4.31 Å². The molecule has 1 saturated heterocycles. The Bertz CT molecular complexity index is 504. The molecule has 102 valence electrons. The molecule has 18 heavy (non-hydrogen) atoms. The van der Waals surface area contributed by atoms with E-state index in [1.165, 1.54) is 8.99 Å². The van der Waals surface area contributed by atoms with Gasteiger partial charge in [0.05, 0.1) is 0 Å². The Kier molecular flexibility index (Phi) is 4.05. The SMILES string of the molecule is CN(C1CCOCC1)S(=O)(=O)c1c(Br)nnn1C. The van der Waals surface area contributed by atoms with Gasteiger partial charge in [0.25, 0.3) is 10.0 Å². The lowest BCUT2D eigenvalue weighted by Gasteiger charge is -2.30. The van der Waals surface area contributed by atoms with Gasteiger partial charge in [0.2, 0.25) is 5.03 Å². The summed E-state index contributed by atoms with van der Waals surface area (Å²) in [6.07, 6.45) is 1.41. The molecule has 0 aromatic carbocycles. The summed E-state index contributed by atoms with van der Waals surface area (Å²) in [6, 6.07) is -0.0365. The predicted octanol–water partition coefficient (Wildman–Crippen LogP) is 0.377. The van der Waals surface area contributed by atoms with E-state index in [1.807, 2.05) is 0 Å². The minimum absolute atomic E-state index is 0.0365. The lowest BCUT2D eigenvalue weighted by atomic mass is 10.1. The summed E-state index contributed by atoms with van der Waals surface area (Å²) in [6.45, 7) is 1.19. The van der Waals surface area contributed by atoms with E-state index in [-0.39, 0.29) is 15.7 Å². The zero-order valence-corrected chi connectivity index (χ0v) is 12.6. The van der Waals surface area contributed by atoms with Crippen LogP contribution in [0.5, 0.6) is 0 Å². The summed E-state index contributed by atoms with van der Waals surface area (Å²) < 4.78 is 33.1. The van der Waals surface area contributed by atoms with Crippen molar-refractivity contribution >= 4 is 26.0 Å². The number of rotatable bonds is 3. The maximum atomic E-state index is 12.5. The quantitative estimate of drug-likeness (QED) is 0.796. The zero-order valence-electron chi connectivity index (χ0n) is 10.2. The Balaban J connectivity index is 2.30. The third kappa shape index (κ3) is 2.44. The van der Waals surface area contributed by atoms with Gasteiger partial charge < -0.3 is 4.74 Å². The fourth-order valence-corrected chi connectivity index (χ4v) is 4.42. The van der Waals surface area contributed by atoms with Crippen LogP contribution in [0.2, 0.25) is 0 Å². The van der Waals surface area contributed by atoms with Crippen LogP contribution in [-0.4, -0.2) is 54.0 Å². The maximum Gasteiger partial charge on any atom is 0.263 e. The molecule has 1 aromatic heterocycles. The molecule has 0 spiro atoms. The van der Waals surface area contributed by atoms with Gasteiger partial charge in [-0.25, -0.2) is 13.1 Å². The maximum absolute atomic E-state index is 12.5. The van der Waals surface area contributed by atoms with E-state index in [1.54, 1.807) is 14.1 Å². The number of aryl methyl sites for hydroxylation is 1. The Morgan fingerprint density at radius 3 is 2.56 bits per heavy atom. The second kappa shape index (κ2) is 5.24. The Morgan fingerprint density at radius 1 is 1.44 bits per heavy atom. The molecule has 0 amide bonds. The molecule has 2 rings (SSSR count). The standard InChI is InChI=1S/C9H15BrN4O3S/c1-13-9(8(10)11-12-13)18(15,16)14(2)7-3-5-17-6-4-7/h7H,3-6H2,1-2H3. The molecule has 9 heteroatoms. The van der Waals surface area contributed by atoms with Gasteiger partial charge >= 0.3 is 0 Å². The van der Waals surface area contributed by atoms with Crippen LogP contribution in [0, 0.1) is 0 Å². The van der Waals surface area contributed by atoms with E-state index in [9.17, 15) is 8.42 Å². The van der Waals surface area contributed by atoms with Crippen LogP contribution >= 0.6 is 15.9 Å². The highest BCUT2D eigenvalue weighted by atomic mass is 79.9. The van der Waals surface area contributed by atoms with Gasteiger partial charge in [-0.05, 0) is 28.8 Å². The normalized spacial score (nSPS) is 18.4. The highest BCUT2D eigenvalue weighted by Gasteiger charge is 2.33. The van der Waals surface area contributed by atoms with Crippen LogP contribution < -0.4 is 0 Å². The first-order chi connectivity index (χ1) is 8.44. The molecule has 0 radical (unpaired) electrons. The fraction of sp³-hybridized carbons (Fsp3) is 0.778. The van der Waals surface area contributed by atoms with Gasteiger partial charge in [0, 0.05) is 33.4 Å². The van der Waals surface area contributed by atoms with Crippen molar-refractivity contribution in [2.45, 2.75) is 23.9 Å². The highest BCUT2D eigenvalue weighted by molar-refractivity contribution is 9.10. The Labute approximate surface area is 114 Å². The van der Waals surface area contributed by atoms with Crippen LogP contribution in [-0.2, 0) is 21.8 Å². The third-order valence-electron chi connectivity index (χ3n) is 3.07. The Hall–Kier alpha value is -0.510. The van der Waals surface area contributed by atoms with E-state index in [4.69, 9.17) is 4.74 Å². The number of halogens is 1. The second-order valence-electron chi connectivity index (χ2n) is 4.17. The average molecular weight is 339 g/mol. The van der Waals surface area contributed by atoms with Crippen LogP contribution in [0.1, 0.15) is 12.8 Å². The van der Waals surface area contributed by atoms with Crippen molar-refractivity contribution in [3.63, 3.8) is 0 Å². The van der Waals surface area contributed by atoms with Crippen molar-refractivity contribution in [3.8, 4) is 0 Å². The summed E-state index contributed by atoms with van der Waals surface area (Å²) >= 11 is 3.12. The molecular formula is C9H15BrN4O3S. The van der Waals surface area contributed by atoms with Gasteiger partial charge in [-0.3, -0.25) is 0 Å². The van der Waals surface area contributed by atoms with Gasteiger partial charge in [-0.1, -0.05) is 5.21 Å². The summed E-state index contributed by atoms with van der Waals surface area (Å²) in [5, 5.41) is 7.49. The van der Waals surface area contributed by atoms with E-state index in [0.717, 1.165) is 0 Å².